The Balaban J connectivity index is 2.17. The molecule has 0 unspecified atom stereocenters. The summed E-state index contributed by atoms with van der Waals surface area (Å²) < 4.78 is 25.5. The van der Waals surface area contributed by atoms with Gasteiger partial charge in [-0.15, -0.1) is 0 Å². The summed E-state index contributed by atoms with van der Waals surface area (Å²) in [4.78, 5) is 25.6. The third-order valence-corrected chi connectivity index (χ3v) is 5.53. The highest BCUT2D eigenvalue weighted by molar-refractivity contribution is 7.92. The minimum Gasteiger partial charge on any atom is -0.369 e. The molecule has 1 aromatic carbocycles. The molecule has 8 heteroatoms. The van der Waals surface area contributed by atoms with E-state index in [-0.39, 0.29) is 17.7 Å². The van der Waals surface area contributed by atoms with Gasteiger partial charge in [-0.1, -0.05) is 18.2 Å². The lowest BCUT2D eigenvalue weighted by atomic mass is 9.96. The Kier molecular flexibility index (Phi) is 5.48. The van der Waals surface area contributed by atoms with Gasteiger partial charge in [-0.2, -0.15) is 0 Å². The van der Waals surface area contributed by atoms with Gasteiger partial charge in [0.1, 0.15) is 6.04 Å². The molecule has 0 radical (unpaired) electrons. The zero-order chi connectivity index (χ0) is 17.9. The Morgan fingerprint density at radius 2 is 1.75 bits per heavy atom. The van der Waals surface area contributed by atoms with Gasteiger partial charge < -0.3 is 10.6 Å². The second kappa shape index (κ2) is 7.21. The lowest BCUT2D eigenvalue weighted by Gasteiger charge is -2.36. The summed E-state index contributed by atoms with van der Waals surface area (Å²) >= 11 is 0. The molecule has 0 saturated carbocycles. The van der Waals surface area contributed by atoms with Crippen LogP contribution in [0.5, 0.6) is 0 Å². The zero-order valence-corrected chi connectivity index (χ0v) is 14.7. The molecular formula is C16H23N3O4S. The van der Waals surface area contributed by atoms with Crippen molar-refractivity contribution >= 4 is 27.5 Å². The van der Waals surface area contributed by atoms with Gasteiger partial charge >= 0.3 is 0 Å². The molecule has 1 saturated heterocycles. The lowest BCUT2D eigenvalue weighted by Crippen LogP contribution is -2.52. The quantitative estimate of drug-likeness (QED) is 0.836. The van der Waals surface area contributed by atoms with Gasteiger partial charge in [0.25, 0.3) is 0 Å². The molecule has 1 fully saturated rings. The van der Waals surface area contributed by atoms with Gasteiger partial charge in [0.2, 0.25) is 21.8 Å². The van der Waals surface area contributed by atoms with Crippen LogP contribution < -0.4 is 10.0 Å². The van der Waals surface area contributed by atoms with Crippen molar-refractivity contribution in [1.82, 2.24) is 4.90 Å². The molecule has 0 aliphatic carbocycles. The summed E-state index contributed by atoms with van der Waals surface area (Å²) in [5.74, 6) is -0.839. The Morgan fingerprint density at radius 3 is 2.21 bits per heavy atom. The van der Waals surface area contributed by atoms with Crippen LogP contribution in [0, 0.1) is 5.92 Å². The largest absolute Gasteiger partial charge is 0.369 e. The first-order chi connectivity index (χ1) is 11.2. The van der Waals surface area contributed by atoms with Crippen LogP contribution in [-0.4, -0.2) is 50.5 Å². The van der Waals surface area contributed by atoms with Crippen LogP contribution in [0.4, 0.5) is 5.69 Å². The molecule has 2 amide bonds. The summed E-state index contributed by atoms with van der Waals surface area (Å²) in [6, 6.07) is 7.69. The van der Waals surface area contributed by atoms with Crippen LogP contribution in [0.1, 0.15) is 19.8 Å². The molecule has 24 heavy (non-hydrogen) atoms. The zero-order valence-electron chi connectivity index (χ0n) is 13.9. The van der Waals surface area contributed by atoms with Crippen molar-refractivity contribution in [2.45, 2.75) is 25.8 Å². The summed E-state index contributed by atoms with van der Waals surface area (Å²) in [5.41, 5.74) is 5.75. The Hall–Kier alpha value is -2.09. The van der Waals surface area contributed by atoms with Crippen LogP contribution in [0.25, 0.3) is 0 Å². The number of carbonyl (C=O) groups excluding carboxylic acids is 2. The Labute approximate surface area is 142 Å². The molecular weight excluding hydrogens is 330 g/mol. The van der Waals surface area contributed by atoms with Gasteiger partial charge in [-0.3, -0.25) is 13.9 Å². The van der Waals surface area contributed by atoms with E-state index < -0.39 is 16.1 Å². The van der Waals surface area contributed by atoms with E-state index in [2.05, 4.69) is 0 Å². The van der Waals surface area contributed by atoms with Crippen molar-refractivity contribution in [3.8, 4) is 0 Å². The number of anilines is 1. The van der Waals surface area contributed by atoms with Crippen molar-refractivity contribution in [2.24, 2.45) is 11.7 Å². The van der Waals surface area contributed by atoms with Crippen molar-refractivity contribution in [2.75, 3.05) is 23.7 Å². The third kappa shape index (κ3) is 4.05. The molecule has 7 nitrogen and oxygen atoms in total. The van der Waals surface area contributed by atoms with Crippen LogP contribution >= 0.6 is 0 Å². The molecule has 0 aromatic heterocycles. The minimum absolute atomic E-state index is 0.218. The van der Waals surface area contributed by atoms with E-state index in [0.29, 0.717) is 31.6 Å². The molecule has 1 heterocycles. The average Bonchev–Trinajstić information content (AvgIpc) is 2.54. The van der Waals surface area contributed by atoms with Crippen LogP contribution in [0.3, 0.4) is 0 Å². The highest BCUT2D eigenvalue weighted by Crippen LogP contribution is 2.23. The smallest absolute Gasteiger partial charge is 0.246 e. The van der Waals surface area contributed by atoms with E-state index in [4.69, 9.17) is 5.73 Å². The topological polar surface area (TPSA) is 101 Å². The number of rotatable bonds is 5. The number of piperidine rings is 1. The molecule has 2 N–H and O–H groups in total. The van der Waals surface area contributed by atoms with Crippen LogP contribution in [0.2, 0.25) is 0 Å². The summed E-state index contributed by atoms with van der Waals surface area (Å²) in [7, 11) is -3.61. The monoisotopic (exact) mass is 353 g/mol. The molecule has 1 atom stereocenters. The van der Waals surface area contributed by atoms with E-state index >= 15 is 0 Å². The van der Waals surface area contributed by atoms with Gasteiger partial charge in [-0.05, 0) is 31.9 Å². The number of primary amides is 1. The maximum Gasteiger partial charge on any atom is 0.246 e. The number of nitrogens with zero attached hydrogens (tertiary/aromatic N) is 2. The highest BCUT2D eigenvalue weighted by Gasteiger charge is 2.34. The fourth-order valence-corrected chi connectivity index (χ4v) is 4.20. The van der Waals surface area contributed by atoms with Crippen molar-refractivity contribution in [3.05, 3.63) is 30.3 Å². The number of sulfonamides is 1. The van der Waals surface area contributed by atoms with Gasteiger partial charge in [0, 0.05) is 19.0 Å². The molecule has 0 bridgehead atoms. The van der Waals surface area contributed by atoms with Crippen LogP contribution in [0.15, 0.2) is 30.3 Å². The first kappa shape index (κ1) is 18.3. The van der Waals surface area contributed by atoms with Gasteiger partial charge in [0.05, 0.1) is 11.9 Å². The second-order valence-corrected chi connectivity index (χ2v) is 7.93. The first-order valence-corrected chi connectivity index (χ1v) is 9.69. The van der Waals surface area contributed by atoms with E-state index in [1.54, 1.807) is 42.2 Å². The predicted molar refractivity (Wildman–Crippen MR) is 91.7 cm³/mol. The average molecular weight is 353 g/mol. The third-order valence-electron chi connectivity index (χ3n) is 4.29. The number of likely N-dealkylation sites (tertiary alicyclic amines) is 1. The number of carbonyl (C=O) groups is 2. The maximum atomic E-state index is 12.7. The Morgan fingerprint density at radius 1 is 1.21 bits per heavy atom. The summed E-state index contributed by atoms with van der Waals surface area (Å²) in [5, 5.41) is 0. The number of nitrogens with two attached hydrogens (primary N) is 1. The van der Waals surface area contributed by atoms with E-state index in [9.17, 15) is 18.0 Å². The summed E-state index contributed by atoms with van der Waals surface area (Å²) in [6.07, 6.45) is 2.11. The van der Waals surface area contributed by atoms with E-state index in [0.717, 1.165) is 10.6 Å². The molecule has 132 valence electrons. The number of para-hydroxylation sites is 1. The van der Waals surface area contributed by atoms with E-state index in [1.807, 2.05) is 0 Å². The molecule has 2 rings (SSSR count). The standard InChI is InChI=1S/C16H23N3O4S/c1-12(16(21)18-10-8-13(9-11-18)15(17)20)19(24(2,22)23)14-6-4-3-5-7-14/h3-7,12-13H,8-11H2,1-2H3,(H2,17,20)/t12-/m0/s1. The Bertz CT molecular complexity index is 697. The van der Waals surface area contributed by atoms with Crippen molar-refractivity contribution < 1.29 is 18.0 Å². The second-order valence-electron chi connectivity index (χ2n) is 6.07. The lowest BCUT2D eigenvalue weighted by molar-refractivity contribution is -0.135. The van der Waals surface area contributed by atoms with Gasteiger partial charge in [-0.25, -0.2) is 8.42 Å². The maximum absolute atomic E-state index is 12.7. The number of benzene rings is 1. The number of amides is 2. The highest BCUT2D eigenvalue weighted by atomic mass is 32.2. The minimum atomic E-state index is -3.61. The molecule has 1 aliphatic heterocycles. The predicted octanol–water partition coefficient (Wildman–Crippen LogP) is 0.565. The van der Waals surface area contributed by atoms with E-state index in [1.165, 1.54) is 0 Å². The number of hydrogen-bond donors (Lipinski definition) is 1. The SMILES string of the molecule is C[C@@H](C(=O)N1CCC(C(N)=O)CC1)N(c1ccccc1)S(C)(=O)=O. The van der Waals surface area contributed by atoms with Crippen LogP contribution in [-0.2, 0) is 19.6 Å². The first-order valence-electron chi connectivity index (χ1n) is 7.84. The fourth-order valence-electron chi connectivity index (χ4n) is 3.03. The van der Waals surface area contributed by atoms with Crippen molar-refractivity contribution in [1.29, 1.82) is 0 Å². The summed E-state index contributed by atoms with van der Waals surface area (Å²) in [6.45, 7) is 2.39. The number of hydrogen-bond acceptors (Lipinski definition) is 4. The normalized spacial score (nSPS) is 17.3. The fraction of sp³-hybridized carbons (Fsp3) is 0.500. The van der Waals surface area contributed by atoms with Gasteiger partial charge in [0.15, 0.2) is 0 Å². The molecule has 1 aromatic rings. The molecule has 0 spiro atoms. The van der Waals surface area contributed by atoms with Crippen molar-refractivity contribution in [3.63, 3.8) is 0 Å². The molecule has 1 aliphatic rings.